The number of carbonyl (C=O) groups is 1. The van der Waals surface area contributed by atoms with Crippen molar-refractivity contribution >= 4 is 11.6 Å². The van der Waals surface area contributed by atoms with Crippen LogP contribution in [0.25, 0.3) is 5.69 Å². The molecule has 0 N–H and O–H groups in total. The summed E-state index contributed by atoms with van der Waals surface area (Å²) in [5.41, 5.74) is 3.25. The van der Waals surface area contributed by atoms with Gasteiger partial charge in [-0.3, -0.25) is 4.79 Å². The highest BCUT2D eigenvalue weighted by Gasteiger charge is 2.21. The molecule has 1 aliphatic heterocycles. The number of aryl methyl sites for hydroxylation is 1. The maximum absolute atomic E-state index is 12.7. The van der Waals surface area contributed by atoms with Gasteiger partial charge < -0.3 is 14.5 Å². The van der Waals surface area contributed by atoms with E-state index in [2.05, 4.69) is 16.1 Å². The highest BCUT2D eigenvalue weighted by molar-refractivity contribution is 5.76. The summed E-state index contributed by atoms with van der Waals surface area (Å²) in [5, 5.41) is 4.41. The highest BCUT2D eigenvalue weighted by atomic mass is 16.5. The monoisotopic (exact) mass is 390 g/mol. The molecule has 2 aromatic carbocycles. The molecule has 1 amide bonds. The van der Waals surface area contributed by atoms with Gasteiger partial charge in [0.05, 0.1) is 19.0 Å². The van der Waals surface area contributed by atoms with Crippen LogP contribution in [0.5, 0.6) is 5.75 Å². The van der Waals surface area contributed by atoms with Crippen molar-refractivity contribution in [2.24, 2.45) is 0 Å². The van der Waals surface area contributed by atoms with Crippen molar-refractivity contribution in [2.75, 3.05) is 38.2 Å². The fourth-order valence-corrected chi connectivity index (χ4v) is 3.64. The zero-order chi connectivity index (χ0) is 20.1. The number of rotatable bonds is 6. The molecule has 0 aliphatic carbocycles. The predicted molar refractivity (Wildman–Crippen MR) is 114 cm³/mol. The van der Waals surface area contributed by atoms with Gasteiger partial charge >= 0.3 is 0 Å². The van der Waals surface area contributed by atoms with Crippen LogP contribution in [0, 0.1) is 0 Å². The number of aromatic nitrogens is 2. The number of hydrogen-bond donors (Lipinski definition) is 0. The summed E-state index contributed by atoms with van der Waals surface area (Å²) in [6.07, 6.45) is 5.08. The Morgan fingerprint density at radius 1 is 1.00 bits per heavy atom. The Balaban J connectivity index is 1.27. The number of nitrogens with zero attached hydrogens (tertiary/aromatic N) is 4. The number of benzene rings is 2. The first-order valence-corrected chi connectivity index (χ1v) is 9.99. The van der Waals surface area contributed by atoms with Gasteiger partial charge in [-0.25, -0.2) is 4.68 Å². The predicted octanol–water partition coefficient (Wildman–Crippen LogP) is 3.16. The van der Waals surface area contributed by atoms with Crippen LogP contribution in [-0.2, 0) is 11.2 Å². The van der Waals surface area contributed by atoms with Crippen molar-refractivity contribution in [3.8, 4) is 11.4 Å². The van der Waals surface area contributed by atoms with Crippen LogP contribution < -0.4 is 9.64 Å². The van der Waals surface area contributed by atoms with E-state index < -0.39 is 0 Å². The quantitative estimate of drug-likeness (QED) is 0.649. The van der Waals surface area contributed by atoms with E-state index in [0.29, 0.717) is 12.8 Å². The molecule has 0 radical (unpaired) electrons. The standard InChI is InChI=1S/C23H26N4O2/c1-29-22-9-5-8-21(16-22)25-12-14-26(15-13-25)23(28)11-10-19-17-24-27(18-19)20-6-3-2-4-7-20/h2-9,16-18H,10-15H2,1H3. The van der Waals surface area contributed by atoms with Gasteiger partial charge in [-0.05, 0) is 36.2 Å². The number of ether oxygens (including phenoxy) is 1. The van der Waals surface area contributed by atoms with Crippen molar-refractivity contribution in [3.05, 3.63) is 72.6 Å². The Morgan fingerprint density at radius 3 is 2.52 bits per heavy atom. The number of hydrogen-bond acceptors (Lipinski definition) is 4. The molecule has 4 rings (SSSR count). The maximum atomic E-state index is 12.7. The lowest BCUT2D eigenvalue weighted by Gasteiger charge is -2.36. The van der Waals surface area contributed by atoms with Gasteiger partial charge in [0.1, 0.15) is 5.75 Å². The van der Waals surface area contributed by atoms with Gasteiger partial charge in [0.2, 0.25) is 5.91 Å². The number of anilines is 1. The largest absolute Gasteiger partial charge is 0.497 e. The van der Waals surface area contributed by atoms with Gasteiger partial charge in [0.25, 0.3) is 0 Å². The summed E-state index contributed by atoms with van der Waals surface area (Å²) in [7, 11) is 1.68. The summed E-state index contributed by atoms with van der Waals surface area (Å²) in [6, 6.07) is 18.1. The average Bonchev–Trinajstić information content (AvgIpc) is 3.27. The second-order valence-corrected chi connectivity index (χ2v) is 7.20. The van der Waals surface area contributed by atoms with Gasteiger partial charge in [-0.1, -0.05) is 24.3 Å². The third-order valence-corrected chi connectivity index (χ3v) is 5.34. The van der Waals surface area contributed by atoms with Gasteiger partial charge in [-0.15, -0.1) is 0 Å². The van der Waals surface area contributed by atoms with Crippen LogP contribution >= 0.6 is 0 Å². The van der Waals surface area contributed by atoms with Crippen molar-refractivity contribution in [3.63, 3.8) is 0 Å². The minimum absolute atomic E-state index is 0.211. The van der Waals surface area contributed by atoms with E-state index in [4.69, 9.17) is 4.74 Å². The minimum atomic E-state index is 0.211. The van der Waals surface area contributed by atoms with Crippen LogP contribution in [0.4, 0.5) is 5.69 Å². The van der Waals surface area contributed by atoms with Crippen molar-refractivity contribution in [2.45, 2.75) is 12.8 Å². The number of carbonyl (C=O) groups excluding carboxylic acids is 1. The molecule has 0 spiro atoms. The number of para-hydroxylation sites is 1. The Kier molecular flexibility index (Phi) is 5.79. The fourth-order valence-electron chi connectivity index (χ4n) is 3.64. The Morgan fingerprint density at radius 2 is 1.76 bits per heavy atom. The van der Waals surface area contributed by atoms with Gasteiger partial charge in [0.15, 0.2) is 0 Å². The van der Waals surface area contributed by atoms with Crippen LogP contribution in [-0.4, -0.2) is 53.9 Å². The SMILES string of the molecule is COc1cccc(N2CCN(C(=O)CCc3cnn(-c4ccccc4)c3)CC2)c1. The number of amides is 1. The van der Waals surface area contributed by atoms with E-state index >= 15 is 0 Å². The maximum Gasteiger partial charge on any atom is 0.223 e. The molecule has 3 aromatic rings. The van der Waals surface area contributed by atoms with E-state index in [1.165, 1.54) is 0 Å². The van der Waals surface area contributed by atoms with Crippen LogP contribution in [0.2, 0.25) is 0 Å². The smallest absolute Gasteiger partial charge is 0.223 e. The molecule has 1 aromatic heterocycles. The lowest BCUT2D eigenvalue weighted by Crippen LogP contribution is -2.48. The summed E-state index contributed by atoms with van der Waals surface area (Å²) < 4.78 is 7.16. The second kappa shape index (κ2) is 8.82. The first-order chi connectivity index (χ1) is 14.2. The van der Waals surface area contributed by atoms with Crippen molar-refractivity contribution in [1.29, 1.82) is 0 Å². The van der Waals surface area contributed by atoms with E-state index in [1.54, 1.807) is 7.11 Å². The first kappa shape index (κ1) is 19.1. The van der Waals surface area contributed by atoms with Crippen molar-refractivity contribution in [1.82, 2.24) is 14.7 Å². The molecule has 1 saturated heterocycles. The summed E-state index contributed by atoms with van der Waals surface area (Å²) in [6.45, 7) is 3.17. The molecule has 0 bridgehead atoms. The summed E-state index contributed by atoms with van der Waals surface area (Å²) in [4.78, 5) is 16.9. The Bertz CT molecular complexity index is 946. The van der Waals surface area contributed by atoms with E-state index in [1.807, 2.05) is 70.5 Å². The second-order valence-electron chi connectivity index (χ2n) is 7.20. The Labute approximate surface area is 171 Å². The third kappa shape index (κ3) is 4.59. The summed E-state index contributed by atoms with van der Waals surface area (Å²) in [5.74, 6) is 1.07. The molecule has 2 heterocycles. The molecule has 0 saturated carbocycles. The third-order valence-electron chi connectivity index (χ3n) is 5.34. The van der Waals surface area contributed by atoms with E-state index in [9.17, 15) is 4.79 Å². The average molecular weight is 390 g/mol. The fraction of sp³-hybridized carbons (Fsp3) is 0.304. The van der Waals surface area contributed by atoms with Crippen LogP contribution in [0.15, 0.2) is 67.0 Å². The molecular formula is C23H26N4O2. The normalized spacial score (nSPS) is 14.1. The molecule has 0 unspecified atom stereocenters. The molecular weight excluding hydrogens is 364 g/mol. The molecule has 1 fully saturated rings. The van der Waals surface area contributed by atoms with E-state index in [0.717, 1.165) is 48.9 Å². The molecule has 1 aliphatic rings. The zero-order valence-corrected chi connectivity index (χ0v) is 16.7. The van der Waals surface area contributed by atoms with Gasteiger partial charge in [-0.2, -0.15) is 5.10 Å². The van der Waals surface area contributed by atoms with Crippen LogP contribution in [0.3, 0.4) is 0 Å². The minimum Gasteiger partial charge on any atom is -0.497 e. The first-order valence-electron chi connectivity index (χ1n) is 9.99. The Hall–Kier alpha value is -3.28. The molecule has 150 valence electrons. The molecule has 6 nitrogen and oxygen atoms in total. The molecule has 6 heteroatoms. The van der Waals surface area contributed by atoms with E-state index in [-0.39, 0.29) is 5.91 Å². The molecule has 0 atom stereocenters. The number of methoxy groups -OCH3 is 1. The number of piperazine rings is 1. The van der Waals surface area contributed by atoms with Crippen LogP contribution in [0.1, 0.15) is 12.0 Å². The van der Waals surface area contributed by atoms with Gasteiger partial charge in [0, 0.05) is 50.6 Å². The lowest BCUT2D eigenvalue weighted by atomic mass is 10.1. The highest BCUT2D eigenvalue weighted by Crippen LogP contribution is 2.22. The molecule has 29 heavy (non-hydrogen) atoms. The lowest BCUT2D eigenvalue weighted by molar-refractivity contribution is -0.131. The zero-order valence-electron chi connectivity index (χ0n) is 16.7. The summed E-state index contributed by atoms with van der Waals surface area (Å²) >= 11 is 0. The topological polar surface area (TPSA) is 50.6 Å². The van der Waals surface area contributed by atoms with Crippen molar-refractivity contribution < 1.29 is 9.53 Å².